The molecule has 0 amide bonds. The summed E-state index contributed by atoms with van der Waals surface area (Å²) >= 11 is 0. The first-order valence-corrected chi connectivity index (χ1v) is 20.9. The van der Waals surface area contributed by atoms with Crippen molar-refractivity contribution < 1.29 is 4.42 Å². The van der Waals surface area contributed by atoms with Crippen LogP contribution in [-0.4, -0.2) is 23.0 Å². The summed E-state index contributed by atoms with van der Waals surface area (Å²) in [6, 6.07) is 75.0. The summed E-state index contributed by atoms with van der Waals surface area (Å²) in [5, 5.41) is 7.28. The van der Waals surface area contributed by atoms with E-state index in [1.165, 1.54) is 20.7 Å². The van der Waals surface area contributed by atoms with E-state index in [4.69, 9.17) is 19.4 Å². The van der Waals surface area contributed by atoms with Crippen LogP contribution in [-0.2, 0) is 0 Å². The van der Waals surface area contributed by atoms with Gasteiger partial charge in [0.05, 0.1) is 0 Å². The Morgan fingerprint density at radius 3 is 1.32 bits per heavy atom. The highest BCUT2D eigenvalue weighted by Gasteiger charge is 2.41. The Morgan fingerprint density at radius 1 is 0.321 bits per heavy atom. The molecular weight excluding hydrogens is 699 g/mol. The monoisotopic (exact) mass is 733 g/mol. The van der Waals surface area contributed by atoms with E-state index >= 15 is 0 Å². The molecule has 0 atom stereocenters. The summed E-state index contributed by atoms with van der Waals surface area (Å²) in [5.74, 6) is 1.83. The molecule has 2 aromatic heterocycles. The fourth-order valence-electron chi connectivity index (χ4n) is 8.12. The maximum Gasteiger partial charge on any atom is 0.179 e. The molecule has 0 spiro atoms. The highest BCUT2D eigenvalue weighted by molar-refractivity contribution is 7.19. The summed E-state index contributed by atoms with van der Waals surface area (Å²) in [4.78, 5) is 15.4. The SMILES string of the molecule is c1ccc(-c2nc(-c3ccccc3)nc(-c3cc(-c4cccc([Si](c5ccccc5)(c5ccccc5)c5ccccc5)c4)cc4oc5ccccc5c34)n2)cc1. The number of furan rings is 1. The van der Waals surface area contributed by atoms with Gasteiger partial charge in [-0.3, -0.25) is 0 Å². The van der Waals surface area contributed by atoms with Crippen LogP contribution >= 0.6 is 0 Å². The molecule has 5 heteroatoms. The average Bonchev–Trinajstić information content (AvgIpc) is 3.67. The number of rotatable bonds is 8. The van der Waals surface area contributed by atoms with E-state index in [-0.39, 0.29) is 0 Å². The van der Waals surface area contributed by atoms with Crippen LogP contribution in [0.3, 0.4) is 0 Å². The predicted molar refractivity (Wildman–Crippen MR) is 232 cm³/mol. The average molecular weight is 734 g/mol. The summed E-state index contributed by atoms with van der Waals surface area (Å²) in [6.07, 6.45) is 0. The third-order valence-electron chi connectivity index (χ3n) is 10.7. The van der Waals surface area contributed by atoms with Gasteiger partial charge in [-0.15, -0.1) is 0 Å². The van der Waals surface area contributed by atoms with Crippen LogP contribution < -0.4 is 20.7 Å². The second kappa shape index (κ2) is 14.2. The van der Waals surface area contributed by atoms with Crippen LogP contribution in [0.25, 0.3) is 67.2 Å². The molecule has 0 aliphatic rings. The number of benzene rings is 8. The quantitative estimate of drug-likeness (QED) is 0.115. The molecule has 0 fully saturated rings. The third kappa shape index (κ3) is 5.82. The minimum absolute atomic E-state index is 0.592. The zero-order valence-electron chi connectivity index (χ0n) is 30.5. The maximum atomic E-state index is 6.65. The van der Waals surface area contributed by atoms with Crippen molar-refractivity contribution in [2.45, 2.75) is 0 Å². The Balaban J connectivity index is 1.24. The van der Waals surface area contributed by atoms with Gasteiger partial charge < -0.3 is 4.42 Å². The maximum absolute atomic E-state index is 6.65. The van der Waals surface area contributed by atoms with Crippen LogP contribution in [0.4, 0.5) is 0 Å². The number of nitrogens with zero attached hydrogens (tertiary/aromatic N) is 3. The van der Waals surface area contributed by atoms with Crippen molar-refractivity contribution in [1.29, 1.82) is 0 Å². The molecule has 10 aromatic rings. The van der Waals surface area contributed by atoms with Crippen molar-refractivity contribution >= 4 is 50.8 Å². The number of fused-ring (bicyclic) bond motifs is 3. The van der Waals surface area contributed by atoms with Crippen molar-refractivity contribution in [3.63, 3.8) is 0 Å². The van der Waals surface area contributed by atoms with Crippen LogP contribution in [0.5, 0.6) is 0 Å². The van der Waals surface area contributed by atoms with Crippen LogP contribution in [0.15, 0.2) is 217 Å². The number of para-hydroxylation sites is 1. The largest absolute Gasteiger partial charge is 0.456 e. The molecule has 56 heavy (non-hydrogen) atoms. The minimum Gasteiger partial charge on any atom is -0.456 e. The van der Waals surface area contributed by atoms with Gasteiger partial charge in [0, 0.05) is 27.5 Å². The van der Waals surface area contributed by atoms with E-state index < -0.39 is 8.07 Å². The normalized spacial score (nSPS) is 11.6. The lowest BCUT2D eigenvalue weighted by Gasteiger charge is -2.34. The molecule has 0 N–H and O–H groups in total. The zero-order valence-corrected chi connectivity index (χ0v) is 31.5. The van der Waals surface area contributed by atoms with E-state index in [1.54, 1.807) is 0 Å². The van der Waals surface area contributed by atoms with Gasteiger partial charge in [-0.25, -0.2) is 15.0 Å². The fraction of sp³-hybridized carbons (Fsp3) is 0. The standard InChI is InChI=1S/C51H35N3OSi/c1-6-19-36(20-7-1)49-52-50(37-21-8-2-9-22-37)54-51(53-49)45-34-39(35-47-48(45)44-31-16-17-32-46(44)55-47)38-23-18-30-43(33-38)56(40-24-10-3-11-25-40,41-26-12-4-13-27-41)42-28-14-5-15-29-42/h1-35H. The lowest BCUT2D eigenvalue weighted by Crippen LogP contribution is -2.74. The molecule has 264 valence electrons. The first-order chi connectivity index (χ1) is 27.8. The van der Waals surface area contributed by atoms with Gasteiger partial charge in [0.2, 0.25) is 0 Å². The minimum atomic E-state index is -2.77. The summed E-state index contributed by atoms with van der Waals surface area (Å²) in [5.41, 5.74) is 6.45. The molecule has 8 aromatic carbocycles. The van der Waals surface area contributed by atoms with Gasteiger partial charge in [0.25, 0.3) is 0 Å². The van der Waals surface area contributed by atoms with Gasteiger partial charge in [-0.2, -0.15) is 0 Å². The zero-order chi connectivity index (χ0) is 37.3. The number of hydrogen-bond acceptors (Lipinski definition) is 4. The Kier molecular flexibility index (Phi) is 8.47. The molecule has 0 aliphatic carbocycles. The molecule has 0 radical (unpaired) electrons. The lowest BCUT2D eigenvalue weighted by atomic mass is 9.98. The van der Waals surface area contributed by atoms with Crippen molar-refractivity contribution in [1.82, 2.24) is 15.0 Å². The molecule has 0 saturated heterocycles. The van der Waals surface area contributed by atoms with E-state index in [2.05, 4.69) is 140 Å². The van der Waals surface area contributed by atoms with Gasteiger partial charge in [-0.1, -0.05) is 194 Å². The Hall–Kier alpha value is -7.21. The van der Waals surface area contributed by atoms with Crippen molar-refractivity contribution in [3.8, 4) is 45.3 Å². The molecule has 0 aliphatic heterocycles. The molecule has 4 nitrogen and oxygen atoms in total. The topological polar surface area (TPSA) is 51.8 Å². The van der Waals surface area contributed by atoms with Gasteiger partial charge in [0.1, 0.15) is 11.2 Å². The predicted octanol–water partition coefficient (Wildman–Crippen LogP) is 9.82. The second-order valence-corrected chi connectivity index (χ2v) is 17.8. The molecule has 0 saturated carbocycles. The van der Waals surface area contributed by atoms with Crippen LogP contribution in [0.1, 0.15) is 0 Å². The fourth-order valence-corrected chi connectivity index (χ4v) is 12.9. The Morgan fingerprint density at radius 2 is 0.768 bits per heavy atom. The van der Waals surface area contributed by atoms with E-state index in [9.17, 15) is 0 Å². The lowest BCUT2D eigenvalue weighted by molar-refractivity contribution is 0.669. The molecule has 10 rings (SSSR count). The summed E-state index contributed by atoms with van der Waals surface area (Å²) in [7, 11) is -2.77. The Bertz CT molecular complexity index is 2800. The first kappa shape index (κ1) is 33.4. The van der Waals surface area contributed by atoms with Crippen LogP contribution in [0.2, 0.25) is 0 Å². The highest BCUT2D eigenvalue weighted by Crippen LogP contribution is 2.40. The highest BCUT2D eigenvalue weighted by atomic mass is 28.3. The van der Waals surface area contributed by atoms with Gasteiger partial charge in [-0.05, 0) is 50.1 Å². The third-order valence-corrected chi connectivity index (χ3v) is 15.4. The van der Waals surface area contributed by atoms with Crippen molar-refractivity contribution in [2.75, 3.05) is 0 Å². The molecular formula is C51H35N3OSi. The van der Waals surface area contributed by atoms with Crippen molar-refractivity contribution in [2.24, 2.45) is 0 Å². The van der Waals surface area contributed by atoms with Crippen molar-refractivity contribution in [3.05, 3.63) is 212 Å². The molecule has 0 unspecified atom stereocenters. The number of aromatic nitrogens is 3. The van der Waals surface area contributed by atoms with Crippen LogP contribution in [0, 0.1) is 0 Å². The summed E-state index contributed by atoms with van der Waals surface area (Å²) < 4.78 is 6.65. The first-order valence-electron chi connectivity index (χ1n) is 18.9. The Labute approximate surface area is 326 Å². The second-order valence-electron chi connectivity index (χ2n) is 14.0. The van der Waals surface area contributed by atoms with E-state index in [0.717, 1.165) is 49.8 Å². The van der Waals surface area contributed by atoms with E-state index in [0.29, 0.717) is 17.5 Å². The molecule has 0 bridgehead atoms. The molecule has 2 heterocycles. The van der Waals surface area contributed by atoms with Gasteiger partial charge in [0.15, 0.2) is 25.5 Å². The summed E-state index contributed by atoms with van der Waals surface area (Å²) in [6.45, 7) is 0. The smallest absolute Gasteiger partial charge is 0.179 e. The number of hydrogen-bond donors (Lipinski definition) is 0. The van der Waals surface area contributed by atoms with Gasteiger partial charge >= 0.3 is 0 Å². The van der Waals surface area contributed by atoms with E-state index in [1.807, 2.05) is 72.8 Å².